The molecule has 1 radical (unpaired) electrons. The number of aliphatic hydroxyl groups is 6. The van der Waals surface area contributed by atoms with E-state index < -0.39 is 160 Å². The predicted molar refractivity (Wildman–Crippen MR) is 264 cm³/mol. The zero-order valence-corrected chi connectivity index (χ0v) is 42.0. The second kappa shape index (κ2) is 38.6. The summed E-state index contributed by atoms with van der Waals surface area (Å²) < 4.78 is 5.63. The zero-order valence-electron chi connectivity index (χ0n) is 42.0. The maximum atomic E-state index is 13.0. The fourth-order valence-corrected chi connectivity index (χ4v) is 6.81. The Balaban J connectivity index is 2.57. The molecule has 0 unspecified atom stereocenters. The van der Waals surface area contributed by atoms with E-state index in [0.29, 0.717) is 38.0 Å². The maximum Gasteiger partial charge on any atom is 0.335 e. The first-order chi connectivity index (χ1) is 36.3. The number of hydrogen-bond donors (Lipinski definition) is 17. The summed E-state index contributed by atoms with van der Waals surface area (Å²) in [6.45, 7) is -5.89. The lowest BCUT2D eigenvalue weighted by Crippen LogP contribution is -2.62. The van der Waals surface area contributed by atoms with Gasteiger partial charge in [0.05, 0.1) is 57.9 Å². The van der Waals surface area contributed by atoms with Gasteiger partial charge in [0.1, 0.15) is 48.0 Å². The number of carboxylic acid groups (broad SMARTS) is 2. The van der Waals surface area contributed by atoms with Crippen molar-refractivity contribution in [3.05, 3.63) is 29.8 Å². The minimum Gasteiger partial charge on any atom is -0.494 e. The Labute approximate surface area is 437 Å². The molecule has 0 spiro atoms. The van der Waals surface area contributed by atoms with Crippen molar-refractivity contribution in [2.45, 2.75) is 138 Å². The Bertz CT molecular complexity index is 2020. The normalized spacial score (nSPS) is 14.1. The van der Waals surface area contributed by atoms with Gasteiger partial charge in [0, 0.05) is 19.4 Å². The molecule has 0 aliphatic carbocycles. The summed E-state index contributed by atoms with van der Waals surface area (Å²) >= 11 is 0. The van der Waals surface area contributed by atoms with Gasteiger partial charge in [0.15, 0.2) is 0 Å². The smallest absolute Gasteiger partial charge is 0.335 e. The summed E-state index contributed by atoms with van der Waals surface area (Å²) in [4.78, 5) is 136. The third kappa shape index (κ3) is 27.1. The molecule has 8 amide bonds. The monoisotopic (exact) mass is 1080 g/mol. The molecular weight excluding hydrogens is 1010 g/mol. The van der Waals surface area contributed by atoms with E-state index in [1.165, 1.54) is 12.1 Å². The molecular formula is C47H74N9O20. The number of aliphatic hydroxyl groups excluding tert-OH is 6. The summed E-state index contributed by atoms with van der Waals surface area (Å²) in [5.41, 5.74) is 5.62. The Morgan fingerprint density at radius 2 is 0.842 bits per heavy atom. The number of aliphatic carboxylic acids is 1. The molecule has 0 bridgehead atoms. The lowest BCUT2D eigenvalue weighted by atomic mass is 10.1. The molecule has 427 valence electrons. The van der Waals surface area contributed by atoms with Gasteiger partial charge < -0.3 is 93.9 Å². The molecule has 1 rings (SSSR count). The van der Waals surface area contributed by atoms with Gasteiger partial charge in [-0.15, -0.1) is 0 Å². The quantitative estimate of drug-likeness (QED) is 0.0271. The second-order valence-corrected chi connectivity index (χ2v) is 17.3. The number of rotatable bonds is 42. The highest BCUT2D eigenvalue weighted by atomic mass is 16.5. The van der Waals surface area contributed by atoms with E-state index in [0.717, 1.165) is 44.9 Å². The highest BCUT2D eigenvalue weighted by molar-refractivity contribution is 5.97. The number of hydrogen-bond acceptors (Lipinski definition) is 19. The minimum absolute atomic E-state index is 0.0352. The van der Waals surface area contributed by atoms with Crippen LogP contribution in [0.15, 0.2) is 24.3 Å². The first-order valence-electron chi connectivity index (χ1n) is 24.6. The van der Waals surface area contributed by atoms with Crippen LogP contribution in [0.25, 0.3) is 0 Å². The van der Waals surface area contributed by atoms with Crippen LogP contribution in [0.4, 0.5) is 0 Å². The van der Waals surface area contributed by atoms with Gasteiger partial charge in [-0.05, 0) is 62.8 Å². The number of carbonyl (C=O) groups is 10. The number of amides is 8. The van der Waals surface area contributed by atoms with Crippen LogP contribution in [0, 0.1) is 0 Å². The Kier molecular flexibility index (Phi) is 34.1. The molecule has 1 aromatic rings. The lowest BCUT2D eigenvalue weighted by molar-refractivity contribution is -0.142. The number of carboxylic acids is 2. The largest absolute Gasteiger partial charge is 0.494 e. The summed E-state index contributed by atoms with van der Waals surface area (Å²) in [5.74, 6) is -10.5. The van der Waals surface area contributed by atoms with Crippen molar-refractivity contribution < 1.29 is 98.3 Å². The van der Waals surface area contributed by atoms with Crippen LogP contribution in [-0.2, 0) is 47.9 Å². The molecule has 8 atom stereocenters. The fraction of sp³-hybridized carbons (Fsp3) is 0.638. The summed E-state index contributed by atoms with van der Waals surface area (Å²) in [6, 6.07) is -6.91. The average Bonchev–Trinajstić information content (AvgIpc) is 3.40. The van der Waals surface area contributed by atoms with Gasteiger partial charge >= 0.3 is 11.9 Å². The molecule has 18 N–H and O–H groups in total. The van der Waals surface area contributed by atoms with Crippen molar-refractivity contribution in [1.82, 2.24) is 42.5 Å². The summed E-state index contributed by atoms with van der Waals surface area (Å²) in [6.07, 6.45) is 8.54. The van der Waals surface area contributed by atoms with Crippen LogP contribution in [0.1, 0.15) is 100 Å². The molecule has 0 aromatic heterocycles. The van der Waals surface area contributed by atoms with Crippen molar-refractivity contribution in [3.63, 3.8) is 0 Å². The molecule has 76 heavy (non-hydrogen) atoms. The Hall–Kier alpha value is -6.89. The second-order valence-electron chi connectivity index (χ2n) is 17.3. The van der Waals surface area contributed by atoms with Gasteiger partial charge in [-0.25, -0.2) is 9.59 Å². The molecule has 0 saturated carbocycles. The number of unbranched alkanes of at least 4 members (excludes halogenated alkanes) is 8. The topological polar surface area (TPSA) is 481 Å². The molecule has 0 saturated heterocycles. The van der Waals surface area contributed by atoms with E-state index >= 15 is 0 Å². The number of aromatic carboxylic acids is 1. The number of nitrogens with two attached hydrogens (primary N) is 1. The van der Waals surface area contributed by atoms with Crippen molar-refractivity contribution in [2.24, 2.45) is 5.73 Å². The molecule has 29 heteroatoms. The van der Waals surface area contributed by atoms with E-state index in [9.17, 15) is 88.5 Å². The number of carbonyl (C=O) groups excluding carboxylic acids is 9. The van der Waals surface area contributed by atoms with E-state index in [1.54, 1.807) is 18.4 Å². The van der Waals surface area contributed by atoms with Gasteiger partial charge in [-0.1, -0.05) is 38.5 Å². The van der Waals surface area contributed by atoms with Crippen LogP contribution in [0.5, 0.6) is 5.75 Å². The standard InChI is InChI=1S/C47H74N9O20/c48-29(21-57)11-8-9-19-49-40(66)32(22-58)52-42(68)34(24-60)54-44(70)36(26-62)56-45(71)37(27-63)55-43(69)35(25-61)53-41(67)33(23-59)51-39(65)18-17-31(47(74)75)50-38(64)12-7-5-3-1-2-4-6-10-20-76-30-15-13-28(14-16-30)46(72)73/h13-16,29,31-37,58-63H,1-12,17-20,22-27,48H2,(H,49,66)(H,50,64)(H,51,65)(H,52,68)(H,53,67)(H,54,70)(H,55,69)(H,56,71)(H,72,73)(H,74,75)/t29-,31-,32-,33-,34-,35-,36-,37-/m0/s1. The van der Waals surface area contributed by atoms with Gasteiger partial charge in [0.25, 0.3) is 0 Å². The first-order valence-corrected chi connectivity index (χ1v) is 24.6. The third-order valence-electron chi connectivity index (χ3n) is 11.3. The highest BCUT2D eigenvalue weighted by Crippen LogP contribution is 2.14. The van der Waals surface area contributed by atoms with Crippen molar-refractivity contribution in [2.75, 3.05) is 52.8 Å². The van der Waals surface area contributed by atoms with E-state index in [4.69, 9.17) is 15.6 Å². The highest BCUT2D eigenvalue weighted by Gasteiger charge is 2.33. The van der Waals surface area contributed by atoms with Crippen LogP contribution in [0.3, 0.4) is 0 Å². The molecule has 29 nitrogen and oxygen atoms in total. The van der Waals surface area contributed by atoms with E-state index in [1.807, 2.05) is 21.3 Å². The van der Waals surface area contributed by atoms with Gasteiger partial charge in [0.2, 0.25) is 53.5 Å². The van der Waals surface area contributed by atoms with Gasteiger partial charge in [-0.3, -0.25) is 43.2 Å². The minimum atomic E-state index is -1.92. The van der Waals surface area contributed by atoms with Crippen molar-refractivity contribution >= 4 is 65.5 Å². The van der Waals surface area contributed by atoms with E-state index in [-0.39, 0.29) is 18.5 Å². The summed E-state index contributed by atoms with van der Waals surface area (Å²) in [7, 11) is 0. The molecule has 0 aliphatic rings. The predicted octanol–water partition coefficient (Wildman–Crippen LogP) is -5.79. The summed E-state index contributed by atoms with van der Waals surface area (Å²) in [5, 5.41) is 94.5. The molecule has 1 aromatic carbocycles. The molecule has 0 heterocycles. The van der Waals surface area contributed by atoms with Crippen LogP contribution in [0.2, 0.25) is 0 Å². The van der Waals surface area contributed by atoms with Crippen LogP contribution in [-0.4, -0.2) is 207 Å². The first kappa shape index (κ1) is 67.1. The van der Waals surface area contributed by atoms with Crippen molar-refractivity contribution in [1.29, 1.82) is 0 Å². The third-order valence-corrected chi connectivity index (χ3v) is 11.3. The lowest BCUT2D eigenvalue weighted by Gasteiger charge is -2.25. The number of nitrogens with one attached hydrogen (secondary N) is 8. The van der Waals surface area contributed by atoms with E-state index in [2.05, 4.69) is 21.3 Å². The number of benzene rings is 1. The Morgan fingerprint density at radius 3 is 1.25 bits per heavy atom. The van der Waals surface area contributed by atoms with Crippen LogP contribution >= 0.6 is 0 Å². The van der Waals surface area contributed by atoms with Crippen LogP contribution < -0.4 is 53.0 Å². The van der Waals surface area contributed by atoms with Gasteiger partial charge in [-0.2, -0.15) is 0 Å². The zero-order chi connectivity index (χ0) is 57.0. The maximum absolute atomic E-state index is 13.0. The van der Waals surface area contributed by atoms with Crippen molar-refractivity contribution in [3.8, 4) is 5.75 Å². The SMILES string of the molecule is N[C@H]([C]=O)CCCCNC(=O)[C@H](CO)NC(=O)[C@H](CO)NC(=O)[C@H](CO)NC(=O)[C@H](CO)NC(=O)[C@H](CO)NC(=O)[C@H](CO)NC(=O)CC[C@H](NC(=O)CCCCCCCCCCOc1ccc(C(=O)O)cc1)C(=O)O. The molecule has 0 fully saturated rings. The average molecular weight is 1090 g/mol. The number of ether oxygens (including phenoxy) is 1. The molecule has 0 aliphatic heterocycles. The fourth-order valence-electron chi connectivity index (χ4n) is 6.81. The Morgan fingerprint density at radius 1 is 0.461 bits per heavy atom.